The molecule has 0 bridgehead atoms. The number of aryl methyl sites for hydroxylation is 1. The number of carbonyl (C=O) groups is 1. The molecule has 0 aliphatic carbocycles. The summed E-state index contributed by atoms with van der Waals surface area (Å²) in [5.41, 5.74) is 1.61. The monoisotopic (exact) mass is 392 g/mol. The van der Waals surface area contributed by atoms with E-state index in [0.717, 1.165) is 18.6 Å². The van der Waals surface area contributed by atoms with E-state index >= 15 is 0 Å². The summed E-state index contributed by atoms with van der Waals surface area (Å²) in [6, 6.07) is 13.2. The molecule has 0 unspecified atom stereocenters. The molecule has 0 saturated carbocycles. The molecule has 7 heteroatoms. The number of aromatic nitrogens is 3. The van der Waals surface area contributed by atoms with E-state index in [1.165, 1.54) is 16.3 Å². The average Bonchev–Trinajstić information content (AvgIpc) is 3.20. The van der Waals surface area contributed by atoms with Gasteiger partial charge in [-0.3, -0.25) is 9.59 Å². The predicted molar refractivity (Wildman–Crippen MR) is 108 cm³/mol. The van der Waals surface area contributed by atoms with Crippen molar-refractivity contribution in [3.63, 3.8) is 0 Å². The van der Waals surface area contributed by atoms with Gasteiger partial charge in [0, 0.05) is 25.6 Å². The molecule has 3 heterocycles. The minimum absolute atomic E-state index is 0.0436. The van der Waals surface area contributed by atoms with Crippen molar-refractivity contribution >= 4 is 5.91 Å². The summed E-state index contributed by atoms with van der Waals surface area (Å²) in [7, 11) is 0. The number of rotatable bonds is 5. The van der Waals surface area contributed by atoms with Gasteiger partial charge in [-0.2, -0.15) is 5.10 Å². The average molecular weight is 392 g/mol. The highest BCUT2D eigenvalue weighted by atomic mass is 16.4. The summed E-state index contributed by atoms with van der Waals surface area (Å²) in [6.45, 7) is 2.98. The number of piperidine rings is 1. The van der Waals surface area contributed by atoms with Gasteiger partial charge >= 0.3 is 0 Å². The summed E-state index contributed by atoms with van der Waals surface area (Å²) < 4.78 is 7.22. The highest BCUT2D eigenvalue weighted by Crippen LogP contribution is 2.27. The zero-order valence-electron chi connectivity index (χ0n) is 16.5. The Morgan fingerprint density at radius 2 is 2.03 bits per heavy atom. The van der Waals surface area contributed by atoms with Crippen LogP contribution in [0.4, 0.5) is 0 Å². The van der Waals surface area contributed by atoms with Gasteiger partial charge in [0.15, 0.2) is 5.89 Å². The Kier molecular flexibility index (Phi) is 5.55. The fraction of sp³-hybridized carbons (Fsp3) is 0.364. The normalized spacial score (nSPS) is 16.7. The second-order valence-corrected chi connectivity index (χ2v) is 7.48. The number of hydrogen-bond acceptors (Lipinski definition) is 5. The SMILES string of the molecule is Cc1ccc(=O)n(CC(=O)N2CCC[C@H](c3ncc(Cc4ccccc4)o3)C2)n1. The van der Waals surface area contributed by atoms with Crippen molar-refractivity contribution in [1.29, 1.82) is 0 Å². The lowest BCUT2D eigenvalue weighted by atomic mass is 9.98. The first-order valence-electron chi connectivity index (χ1n) is 9.89. The largest absolute Gasteiger partial charge is 0.445 e. The molecule has 7 nitrogen and oxygen atoms in total. The first-order chi connectivity index (χ1) is 14.1. The molecule has 1 aromatic carbocycles. The van der Waals surface area contributed by atoms with E-state index < -0.39 is 0 Å². The van der Waals surface area contributed by atoms with Gasteiger partial charge in [-0.25, -0.2) is 9.67 Å². The summed E-state index contributed by atoms with van der Waals surface area (Å²) >= 11 is 0. The third kappa shape index (κ3) is 4.62. The van der Waals surface area contributed by atoms with Crippen molar-refractivity contribution in [3.8, 4) is 0 Å². The first-order valence-corrected chi connectivity index (χ1v) is 9.89. The van der Waals surface area contributed by atoms with Crippen LogP contribution in [0.1, 0.15) is 41.7 Å². The van der Waals surface area contributed by atoms with Crippen LogP contribution in [0.5, 0.6) is 0 Å². The lowest BCUT2D eigenvalue weighted by Crippen LogP contribution is -2.42. The topological polar surface area (TPSA) is 81.2 Å². The van der Waals surface area contributed by atoms with Crippen molar-refractivity contribution in [3.05, 3.63) is 81.9 Å². The molecule has 1 aliphatic rings. The quantitative estimate of drug-likeness (QED) is 0.667. The van der Waals surface area contributed by atoms with Gasteiger partial charge in [-0.1, -0.05) is 30.3 Å². The zero-order chi connectivity index (χ0) is 20.2. The number of hydrogen-bond donors (Lipinski definition) is 0. The van der Waals surface area contributed by atoms with Crippen molar-refractivity contribution in [1.82, 2.24) is 19.7 Å². The van der Waals surface area contributed by atoms with Crippen LogP contribution < -0.4 is 5.56 Å². The maximum Gasteiger partial charge on any atom is 0.267 e. The second kappa shape index (κ2) is 8.43. The standard InChI is InChI=1S/C22H24N4O3/c1-16-9-10-20(27)26(24-16)15-21(28)25-11-5-8-18(14-25)22-23-13-19(29-22)12-17-6-3-2-4-7-17/h2-4,6-7,9-10,13,18H,5,8,11-12,14-15H2,1H3/t18-/m0/s1. The first kappa shape index (κ1) is 19.1. The van der Waals surface area contributed by atoms with Crippen LogP contribution in [-0.2, 0) is 17.8 Å². The minimum atomic E-state index is -0.268. The molecule has 4 rings (SSSR count). The Morgan fingerprint density at radius 1 is 1.21 bits per heavy atom. The molecule has 29 heavy (non-hydrogen) atoms. The molecule has 0 spiro atoms. The van der Waals surface area contributed by atoms with Crippen LogP contribution in [0.3, 0.4) is 0 Å². The molecule has 2 aromatic heterocycles. The number of amides is 1. The van der Waals surface area contributed by atoms with Crippen LogP contribution in [0.2, 0.25) is 0 Å². The van der Waals surface area contributed by atoms with Crippen LogP contribution in [0, 0.1) is 6.92 Å². The smallest absolute Gasteiger partial charge is 0.267 e. The number of oxazole rings is 1. The molecule has 3 aromatic rings. The number of carbonyl (C=O) groups excluding carboxylic acids is 1. The molecule has 1 fully saturated rings. The third-order valence-corrected chi connectivity index (χ3v) is 5.20. The third-order valence-electron chi connectivity index (χ3n) is 5.20. The number of nitrogens with zero attached hydrogens (tertiary/aromatic N) is 4. The molecule has 1 amide bonds. The minimum Gasteiger partial charge on any atom is -0.445 e. The number of benzene rings is 1. The molecular weight excluding hydrogens is 368 g/mol. The number of likely N-dealkylation sites (tertiary alicyclic amines) is 1. The van der Waals surface area contributed by atoms with Gasteiger partial charge in [-0.05, 0) is 31.4 Å². The zero-order valence-corrected chi connectivity index (χ0v) is 16.5. The van der Waals surface area contributed by atoms with Gasteiger partial charge in [-0.15, -0.1) is 0 Å². The molecule has 0 N–H and O–H groups in total. The summed E-state index contributed by atoms with van der Waals surface area (Å²) in [5.74, 6) is 1.47. The summed E-state index contributed by atoms with van der Waals surface area (Å²) in [5, 5.41) is 4.15. The van der Waals surface area contributed by atoms with Crippen LogP contribution >= 0.6 is 0 Å². The van der Waals surface area contributed by atoms with E-state index in [-0.39, 0.29) is 23.9 Å². The van der Waals surface area contributed by atoms with E-state index in [4.69, 9.17) is 4.42 Å². The van der Waals surface area contributed by atoms with Gasteiger partial charge in [0.1, 0.15) is 12.3 Å². The van der Waals surface area contributed by atoms with E-state index in [0.29, 0.717) is 31.1 Å². The van der Waals surface area contributed by atoms with Crippen molar-refractivity contribution in [2.24, 2.45) is 0 Å². The lowest BCUT2D eigenvalue weighted by Gasteiger charge is -2.31. The van der Waals surface area contributed by atoms with Crippen LogP contribution in [-0.4, -0.2) is 38.7 Å². The Morgan fingerprint density at radius 3 is 2.86 bits per heavy atom. The summed E-state index contributed by atoms with van der Waals surface area (Å²) in [4.78, 5) is 30.9. The van der Waals surface area contributed by atoms with Crippen LogP contribution in [0.15, 0.2) is 57.9 Å². The molecule has 1 atom stereocenters. The Hall–Kier alpha value is -3.22. The fourth-order valence-electron chi connectivity index (χ4n) is 3.69. The maximum atomic E-state index is 12.7. The van der Waals surface area contributed by atoms with Gasteiger partial charge in [0.2, 0.25) is 5.91 Å². The maximum absolute atomic E-state index is 12.7. The fourth-order valence-corrected chi connectivity index (χ4v) is 3.69. The Labute approximate surface area is 169 Å². The van der Waals surface area contributed by atoms with Gasteiger partial charge < -0.3 is 9.32 Å². The highest BCUT2D eigenvalue weighted by molar-refractivity contribution is 5.76. The molecule has 150 valence electrons. The van der Waals surface area contributed by atoms with Crippen molar-refractivity contribution in [2.45, 2.75) is 38.6 Å². The highest BCUT2D eigenvalue weighted by Gasteiger charge is 2.28. The van der Waals surface area contributed by atoms with Crippen LogP contribution in [0.25, 0.3) is 0 Å². The molecular formula is C22H24N4O3. The summed E-state index contributed by atoms with van der Waals surface area (Å²) in [6.07, 6.45) is 4.28. The van der Waals surface area contributed by atoms with Crippen molar-refractivity contribution < 1.29 is 9.21 Å². The van der Waals surface area contributed by atoms with E-state index in [9.17, 15) is 9.59 Å². The molecule has 0 radical (unpaired) electrons. The Bertz CT molecular complexity index is 1040. The predicted octanol–water partition coefficient (Wildman–Crippen LogP) is 2.54. The van der Waals surface area contributed by atoms with Crippen molar-refractivity contribution in [2.75, 3.05) is 13.1 Å². The Balaban J connectivity index is 1.41. The van der Waals surface area contributed by atoms with Gasteiger partial charge in [0.05, 0.1) is 17.8 Å². The van der Waals surface area contributed by atoms with Gasteiger partial charge in [0.25, 0.3) is 5.56 Å². The molecule has 1 aliphatic heterocycles. The van der Waals surface area contributed by atoms with E-state index in [1.54, 1.807) is 24.1 Å². The lowest BCUT2D eigenvalue weighted by molar-refractivity contribution is -0.133. The van der Waals surface area contributed by atoms with E-state index in [1.807, 2.05) is 18.2 Å². The second-order valence-electron chi connectivity index (χ2n) is 7.48. The molecule has 1 saturated heterocycles. The van der Waals surface area contributed by atoms with E-state index in [2.05, 4.69) is 22.2 Å².